The van der Waals surface area contributed by atoms with Gasteiger partial charge in [0.2, 0.25) is 5.91 Å². The number of rotatable bonds is 7. The summed E-state index contributed by atoms with van der Waals surface area (Å²) in [7, 11) is 3.60. The maximum atomic E-state index is 12.1. The van der Waals surface area contributed by atoms with Crippen molar-refractivity contribution in [1.82, 2.24) is 15.5 Å². The summed E-state index contributed by atoms with van der Waals surface area (Å²) in [6.07, 6.45) is 7.24. The van der Waals surface area contributed by atoms with Crippen LogP contribution in [0, 0.1) is 11.3 Å². The summed E-state index contributed by atoms with van der Waals surface area (Å²) in [6, 6.07) is 0.285. The fraction of sp³-hybridized carbons (Fsp3) is 0.895. The Morgan fingerprint density at radius 1 is 1.35 bits per heavy atom. The Morgan fingerprint density at radius 3 is 2.62 bits per heavy atom. The number of guanidine groups is 1. The molecule has 0 radical (unpaired) electrons. The Hall–Kier alpha value is -0.570. The highest BCUT2D eigenvalue weighted by atomic mass is 127. The first kappa shape index (κ1) is 23.5. The van der Waals surface area contributed by atoms with Crippen molar-refractivity contribution in [3.63, 3.8) is 0 Å². The Kier molecular flexibility index (Phi) is 10.2. The molecule has 0 aromatic rings. The zero-order valence-electron chi connectivity index (χ0n) is 16.8. The molecule has 1 atom stereocenters. The van der Waals surface area contributed by atoms with Gasteiger partial charge in [0.15, 0.2) is 5.96 Å². The van der Waals surface area contributed by atoms with Gasteiger partial charge < -0.3 is 20.3 Å². The largest absolute Gasteiger partial charge is 0.385 e. The number of methoxy groups -OCH3 is 1. The number of halogens is 1. The molecule has 6 nitrogen and oxygen atoms in total. The Balaban J connectivity index is 0.00000338. The summed E-state index contributed by atoms with van der Waals surface area (Å²) in [6.45, 7) is 7.30. The lowest BCUT2D eigenvalue weighted by molar-refractivity contribution is -0.133. The molecule has 152 valence electrons. The maximum Gasteiger partial charge on any atom is 0.225 e. The van der Waals surface area contributed by atoms with E-state index >= 15 is 0 Å². The average Bonchev–Trinajstić information content (AvgIpc) is 3.26. The SMILES string of the molecule is CN=C(NCC1(CCOC)CCCC1)NC1CCN(C(=O)C(C)C)C1.I. The molecule has 1 heterocycles. The molecule has 1 aliphatic carbocycles. The van der Waals surface area contributed by atoms with Crippen molar-refractivity contribution in [3.05, 3.63) is 0 Å². The predicted molar refractivity (Wildman–Crippen MR) is 117 cm³/mol. The van der Waals surface area contributed by atoms with E-state index < -0.39 is 0 Å². The Morgan fingerprint density at radius 2 is 2.04 bits per heavy atom. The third-order valence-corrected chi connectivity index (χ3v) is 5.69. The summed E-state index contributed by atoms with van der Waals surface area (Å²) in [5, 5.41) is 7.04. The number of aliphatic imine (C=N–C) groups is 1. The van der Waals surface area contributed by atoms with Crippen LogP contribution in [0.25, 0.3) is 0 Å². The van der Waals surface area contributed by atoms with Crippen molar-refractivity contribution in [3.8, 4) is 0 Å². The highest BCUT2D eigenvalue weighted by Gasteiger charge is 2.34. The van der Waals surface area contributed by atoms with E-state index in [1.54, 1.807) is 7.11 Å². The van der Waals surface area contributed by atoms with E-state index in [1.807, 2.05) is 25.8 Å². The third kappa shape index (κ3) is 6.55. The summed E-state index contributed by atoms with van der Waals surface area (Å²) < 4.78 is 5.31. The topological polar surface area (TPSA) is 66.0 Å². The highest BCUT2D eigenvalue weighted by molar-refractivity contribution is 14.0. The van der Waals surface area contributed by atoms with Crippen LogP contribution >= 0.6 is 24.0 Å². The monoisotopic (exact) mass is 480 g/mol. The molecule has 1 unspecified atom stereocenters. The van der Waals surface area contributed by atoms with Crippen molar-refractivity contribution in [2.24, 2.45) is 16.3 Å². The second kappa shape index (κ2) is 11.3. The quantitative estimate of drug-likeness (QED) is 0.334. The van der Waals surface area contributed by atoms with Gasteiger partial charge in [-0.3, -0.25) is 9.79 Å². The molecule has 2 N–H and O–H groups in total. The smallest absolute Gasteiger partial charge is 0.225 e. The third-order valence-electron chi connectivity index (χ3n) is 5.69. The van der Waals surface area contributed by atoms with Gasteiger partial charge in [-0.15, -0.1) is 24.0 Å². The maximum absolute atomic E-state index is 12.1. The molecule has 1 amide bonds. The van der Waals surface area contributed by atoms with Crippen molar-refractivity contribution in [2.45, 2.75) is 58.4 Å². The van der Waals surface area contributed by atoms with Gasteiger partial charge in [-0.05, 0) is 31.1 Å². The molecule has 2 aliphatic rings. The first-order chi connectivity index (χ1) is 12.0. The number of likely N-dealkylation sites (tertiary alicyclic amines) is 1. The van der Waals surface area contributed by atoms with Gasteiger partial charge in [-0.25, -0.2) is 0 Å². The molecule has 7 heteroatoms. The van der Waals surface area contributed by atoms with Crippen LogP contribution in [-0.2, 0) is 9.53 Å². The molecule has 2 fully saturated rings. The first-order valence-corrected chi connectivity index (χ1v) is 9.74. The molecule has 0 aromatic heterocycles. The van der Waals surface area contributed by atoms with Gasteiger partial charge in [0.05, 0.1) is 0 Å². The van der Waals surface area contributed by atoms with Crippen LogP contribution < -0.4 is 10.6 Å². The molecule has 0 aromatic carbocycles. The van der Waals surface area contributed by atoms with Gasteiger partial charge in [-0.1, -0.05) is 26.7 Å². The molecule has 0 bridgehead atoms. The van der Waals surface area contributed by atoms with Crippen molar-refractivity contribution >= 4 is 35.8 Å². The van der Waals surface area contributed by atoms with Crippen LogP contribution in [0.5, 0.6) is 0 Å². The Labute approximate surface area is 175 Å². The lowest BCUT2D eigenvalue weighted by Gasteiger charge is -2.30. The fourth-order valence-electron chi connectivity index (χ4n) is 4.06. The zero-order chi connectivity index (χ0) is 18.3. The summed E-state index contributed by atoms with van der Waals surface area (Å²) in [4.78, 5) is 18.5. The van der Waals surface area contributed by atoms with E-state index in [4.69, 9.17) is 4.74 Å². The minimum absolute atomic E-state index is 0. The van der Waals surface area contributed by atoms with Crippen molar-refractivity contribution in [2.75, 3.05) is 40.4 Å². The number of carbonyl (C=O) groups excluding carboxylic acids is 1. The van der Waals surface area contributed by atoms with Gasteiger partial charge >= 0.3 is 0 Å². The van der Waals surface area contributed by atoms with Crippen LogP contribution in [0.15, 0.2) is 4.99 Å². The van der Waals surface area contributed by atoms with Crippen LogP contribution in [0.4, 0.5) is 0 Å². The number of hydrogen-bond acceptors (Lipinski definition) is 3. The number of nitrogens with one attached hydrogen (secondary N) is 2. The minimum atomic E-state index is 0. The predicted octanol–water partition coefficient (Wildman–Crippen LogP) is 2.62. The van der Waals surface area contributed by atoms with Crippen LogP contribution in [0.2, 0.25) is 0 Å². The number of hydrogen-bond donors (Lipinski definition) is 2. The molecule has 1 saturated heterocycles. The van der Waals surface area contributed by atoms with Gasteiger partial charge in [0.25, 0.3) is 0 Å². The second-order valence-electron chi connectivity index (χ2n) is 7.94. The van der Waals surface area contributed by atoms with E-state index in [1.165, 1.54) is 25.7 Å². The van der Waals surface area contributed by atoms with E-state index in [2.05, 4.69) is 15.6 Å². The molecule has 26 heavy (non-hydrogen) atoms. The average molecular weight is 480 g/mol. The number of ether oxygens (including phenoxy) is 1. The first-order valence-electron chi connectivity index (χ1n) is 9.74. The van der Waals surface area contributed by atoms with Crippen LogP contribution in [-0.4, -0.2) is 63.2 Å². The summed E-state index contributed by atoms with van der Waals surface area (Å²) in [5.74, 6) is 1.17. The molecular formula is C19H37IN4O2. The van der Waals surface area contributed by atoms with Crippen LogP contribution in [0.1, 0.15) is 52.4 Å². The van der Waals surface area contributed by atoms with Crippen LogP contribution in [0.3, 0.4) is 0 Å². The number of carbonyl (C=O) groups is 1. The van der Waals surface area contributed by atoms with Crippen molar-refractivity contribution in [1.29, 1.82) is 0 Å². The number of amides is 1. The molecular weight excluding hydrogens is 443 g/mol. The van der Waals surface area contributed by atoms with E-state index in [0.717, 1.165) is 45.0 Å². The summed E-state index contributed by atoms with van der Waals surface area (Å²) in [5.41, 5.74) is 0.336. The van der Waals surface area contributed by atoms with Crippen molar-refractivity contribution < 1.29 is 9.53 Å². The molecule has 1 aliphatic heterocycles. The molecule has 0 spiro atoms. The van der Waals surface area contributed by atoms with E-state index in [9.17, 15) is 4.79 Å². The molecule has 1 saturated carbocycles. The summed E-state index contributed by atoms with van der Waals surface area (Å²) >= 11 is 0. The fourth-order valence-corrected chi connectivity index (χ4v) is 4.06. The van der Waals surface area contributed by atoms with E-state index in [0.29, 0.717) is 5.41 Å². The van der Waals surface area contributed by atoms with Gasteiger partial charge in [0.1, 0.15) is 0 Å². The van der Waals surface area contributed by atoms with Gasteiger partial charge in [-0.2, -0.15) is 0 Å². The normalized spacial score (nSPS) is 22.4. The lowest BCUT2D eigenvalue weighted by Crippen LogP contribution is -2.48. The van der Waals surface area contributed by atoms with Gasteiger partial charge in [0, 0.05) is 52.4 Å². The number of nitrogens with zero attached hydrogens (tertiary/aromatic N) is 2. The minimum Gasteiger partial charge on any atom is -0.385 e. The van der Waals surface area contributed by atoms with E-state index in [-0.39, 0.29) is 41.8 Å². The second-order valence-corrected chi connectivity index (χ2v) is 7.94. The standard InChI is InChI=1S/C19H36N4O2.HI/c1-15(2)17(24)23-11-7-16(13-23)22-18(20-3)21-14-19(10-12-25-4)8-5-6-9-19;/h15-16H,5-14H2,1-4H3,(H2,20,21,22);1H. The molecule has 2 rings (SSSR count). The highest BCUT2D eigenvalue weighted by Crippen LogP contribution is 2.40. The zero-order valence-corrected chi connectivity index (χ0v) is 19.2. The lowest BCUT2D eigenvalue weighted by atomic mass is 9.83. The Bertz CT molecular complexity index is 464.